The first-order valence-electron chi connectivity index (χ1n) is 4.85. The number of rotatable bonds is 0. The standard InChI is InChI=1S/C11H12N2/c1-2-4-10-8(3-1)9-7-12-6-5-11(9)13-10/h1-4,12-13H,5-7H2/p+1. The van der Waals surface area contributed by atoms with E-state index >= 15 is 0 Å². The predicted molar refractivity (Wildman–Crippen MR) is 52.5 cm³/mol. The molecule has 13 heavy (non-hydrogen) atoms. The van der Waals surface area contributed by atoms with Crippen LogP contribution in [0.4, 0.5) is 0 Å². The number of para-hydroxylation sites is 1. The van der Waals surface area contributed by atoms with Gasteiger partial charge in [-0.2, -0.15) is 0 Å². The second-order valence-corrected chi connectivity index (χ2v) is 3.66. The molecule has 0 atom stereocenters. The van der Waals surface area contributed by atoms with Gasteiger partial charge in [-0.3, -0.25) is 0 Å². The van der Waals surface area contributed by atoms with Crippen molar-refractivity contribution in [3.05, 3.63) is 35.5 Å². The van der Waals surface area contributed by atoms with Crippen LogP contribution >= 0.6 is 0 Å². The number of quaternary nitrogens is 1. The summed E-state index contributed by atoms with van der Waals surface area (Å²) in [6.07, 6.45) is 1.18. The average Bonchev–Trinajstić information content (AvgIpc) is 2.56. The number of nitrogens with two attached hydrogens (primary N) is 1. The van der Waals surface area contributed by atoms with Gasteiger partial charge < -0.3 is 10.3 Å². The molecule has 0 unspecified atom stereocenters. The van der Waals surface area contributed by atoms with E-state index in [1.807, 2.05) is 0 Å². The molecular formula is C11H13N2+. The van der Waals surface area contributed by atoms with Crippen LogP contribution in [-0.2, 0) is 13.0 Å². The second kappa shape index (κ2) is 2.60. The van der Waals surface area contributed by atoms with Crippen LogP contribution in [0.25, 0.3) is 10.9 Å². The Morgan fingerprint density at radius 3 is 3.15 bits per heavy atom. The van der Waals surface area contributed by atoms with E-state index in [1.165, 1.54) is 35.1 Å². The molecule has 0 bridgehead atoms. The van der Waals surface area contributed by atoms with E-state index in [9.17, 15) is 0 Å². The van der Waals surface area contributed by atoms with Crippen LogP contribution in [0.3, 0.4) is 0 Å². The number of aromatic amines is 1. The van der Waals surface area contributed by atoms with Crippen LogP contribution in [0.2, 0.25) is 0 Å². The molecule has 2 heteroatoms. The summed E-state index contributed by atoms with van der Waals surface area (Å²) in [4.78, 5) is 3.50. The summed E-state index contributed by atoms with van der Waals surface area (Å²) in [7, 11) is 0. The molecule has 0 spiro atoms. The highest BCUT2D eigenvalue weighted by Gasteiger charge is 2.16. The van der Waals surface area contributed by atoms with Crippen LogP contribution in [0.15, 0.2) is 24.3 Å². The summed E-state index contributed by atoms with van der Waals surface area (Å²) in [6, 6.07) is 8.58. The maximum absolute atomic E-state index is 3.50. The first-order valence-corrected chi connectivity index (χ1v) is 4.85. The van der Waals surface area contributed by atoms with E-state index in [2.05, 4.69) is 34.6 Å². The molecule has 0 amide bonds. The Morgan fingerprint density at radius 1 is 1.23 bits per heavy atom. The maximum atomic E-state index is 3.50. The number of aromatic nitrogens is 1. The molecule has 1 aromatic carbocycles. The zero-order valence-corrected chi connectivity index (χ0v) is 7.51. The normalized spacial score (nSPS) is 16.0. The molecular weight excluding hydrogens is 160 g/mol. The Hall–Kier alpha value is -1.28. The lowest BCUT2D eigenvalue weighted by Crippen LogP contribution is -2.84. The molecule has 1 aliphatic heterocycles. The van der Waals surface area contributed by atoms with E-state index in [-0.39, 0.29) is 0 Å². The van der Waals surface area contributed by atoms with Gasteiger partial charge in [0.25, 0.3) is 0 Å². The summed E-state index contributed by atoms with van der Waals surface area (Å²) >= 11 is 0. The van der Waals surface area contributed by atoms with Crippen LogP contribution in [-0.4, -0.2) is 11.5 Å². The molecule has 2 aromatic rings. The highest BCUT2D eigenvalue weighted by molar-refractivity contribution is 5.84. The predicted octanol–water partition coefficient (Wildman–Crippen LogP) is 0.787. The lowest BCUT2D eigenvalue weighted by atomic mass is 10.1. The van der Waals surface area contributed by atoms with Crippen molar-refractivity contribution < 1.29 is 5.32 Å². The van der Waals surface area contributed by atoms with Gasteiger partial charge in [-0.15, -0.1) is 0 Å². The number of fused-ring (bicyclic) bond motifs is 3. The fraction of sp³-hybridized carbons (Fsp3) is 0.273. The van der Waals surface area contributed by atoms with E-state index < -0.39 is 0 Å². The number of hydrogen-bond acceptors (Lipinski definition) is 0. The minimum atomic E-state index is 1.14. The van der Waals surface area contributed by atoms with Gasteiger partial charge in [0.05, 0.1) is 6.54 Å². The van der Waals surface area contributed by atoms with Gasteiger partial charge in [-0.05, 0) is 6.07 Å². The van der Waals surface area contributed by atoms with Crippen molar-refractivity contribution in [3.63, 3.8) is 0 Å². The lowest BCUT2D eigenvalue weighted by molar-refractivity contribution is -0.673. The summed E-state index contributed by atoms with van der Waals surface area (Å²) < 4.78 is 0. The van der Waals surface area contributed by atoms with Crippen LogP contribution in [0, 0.1) is 0 Å². The van der Waals surface area contributed by atoms with E-state index in [1.54, 1.807) is 0 Å². The number of benzene rings is 1. The SMILES string of the molecule is c1ccc2c3c([nH]c2c1)CC[NH2+]C3. The molecule has 0 aliphatic carbocycles. The average molecular weight is 173 g/mol. The third-order valence-corrected chi connectivity index (χ3v) is 2.85. The van der Waals surface area contributed by atoms with Gasteiger partial charge in [0.15, 0.2) is 0 Å². The van der Waals surface area contributed by atoms with Crippen molar-refractivity contribution in [2.24, 2.45) is 0 Å². The zero-order chi connectivity index (χ0) is 8.67. The number of nitrogens with one attached hydrogen (secondary N) is 1. The third-order valence-electron chi connectivity index (χ3n) is 2.85. The Balaban J connectivity index is 2.34. The summed E-state index contributed by atoms with van der Waals surface area (Å²) in [6.45, 7) is 2.36. The quantitative estimate of drug-likeness (QED) is 0.590. The van der Waals surface area contributed by atoms with Gasteiger partial charge in [-0.25, -0.2) is 0 Å². The molecule has 3 N–H and O–H groups in total. The Labute approximate surface area is 77.0 Å². The first kappa shape index (κ1) is 7.15. The fourth-order valence-electron chi connectivity index (χ4n) is 2.20. The van der Waals surface area contributed by atoms with Crippen molar-refractivity contribution >= 4 is 10.9 Å². The van der Waals surface area contributed by atoms with Gasteiger partial charge in [0, 0.05) is 28.6 Å². The van der Waals surface area contributed by atoms with E-state index in [0.717, 1.165) is 6.54 Å². The monoisotopic (exact) mass is 173 g/mol. The molecule has 0 saturated carbocycles. The minimum absolute atomic E-state index is 1.14. The highest BCUT2D eigenvalue weighted by Crippen LogP contribution is 2.22. The summed E-state index contributed by atoms with van der Waals surface area (Å²) in [5.74, 6) is 0. The van der Waals surface area contributed by atoms with Gasteiger partial charge in [0.1, 0.15) is 6.54 Å². The molecule has 0 fully saturated rings. The van der Waals surface area contributed by atoms with Crippen molar-refractivity contribution in [3.8, 4) is 0 Å². The topological polar surface area (TPSA) is 32.4 Å². The van der Waals surface area contributed by atoms with Gasteiger partial charge in [0.2, 0.25) is 0 Å². The van der Waals surface area contributed by atoms with E-state index in [4.69, 9.17) is 0 Å². The first-order chi connectivity index (χ1) is 6.45. The van der Waals surface area contributed by atoms with E-state index in [0.29, 0.717) is 0 Å². The molecule has 2 nitrogen and oxygen atoms in total. The van der Waals surface area contributed by atoms with Gasteiger partial charge >= 0.3 is 0 Å². The molecule has 3 rings (SSSR count). The minimum Gasteiger partial charge on any atom is -0.358 e. The van der Waals surface area contributed by atoms with Crippen molar-refractivity contribution in [1.82, 2.24) is 4.98 Å². The molecule has 1 aromatic heterocycles. The highest BCUT2D eigenvalue weighted by atomic mass is 14.9. The number of hydrogen-bond donors (Lipinski definition) is 2. The summed E-state index contributed by atoms with van der Waals surface area (Å²) in [5.41, 5.74) is 4.26. The fourth-order valence-corrected chi connectivity index (χ4v) is 2.20. The zero-order valence-electron chi connectivity index (χ0n) is 7.51. The van der Waals surface area contributed by atoms with Crippen LogP contribution in [0.1, 0.15) is 11.3 Å². The van der Waals surface area contributed by atoms with Crippen molar-refractivity contribution in [2.75, 3.05) is 6.54 Å². The Morgan fingerprint density at radius 2 is 2.15 bits per heavy atom. The molecule has 2 heterocycles. The smallest absolute Gasteiger partial charge is 0.104 e. The number of H-pyrrole nitrogens is 1. The Bertz CT molecular complexity index is 442. The lowest BCUT2D eigenvalue weighted by Gasteiger charge is -2.09. The van der Waals surface area contributed by atoms with Crippen molar-refractivity contribution in [2.45, 2.75) is 13.0 Å². The molecule has 0 radical (unpaired) electrons. The summed E-state index contributed by atoms with van der Waals surface area (Å²) in [5, 5.41) is 3.79. The largest absolute Gasteiger partial charge is 0.358 e. The van der Waals surface area contributed by atoms with Crippen LogP contribution in [0.5, 0.6) is 0 Å². The maximum Gasteiger partial charge on any atom is 0.104 e. The second-order valence-electron chi connectivity index (χ2n) is 3.66. The van der Waals surface area contributed by atoms with Crippen LogP contribution < -0.4 is 5.32 Å². The molecule has 1 aliphatic rings. The Kier molecular flexibility index (Phi) is 1.43. The third kappa shape index (κ3) is 0.988. The van der Waals surface area contributed by atoms with Gasteiger partial charge in [-0.1, -0.05) is 18.2 Å². The van der Waals surface area contributed by atoms with Crippen molar-refractivity contribution in [1.29, 1.82) is 0 Å². The molecule has 0 saturated heterocycles. The molecule has 66 valence electrons.